The monoisotopic (exact) mass is 371 g/mol. The van der Waals surface area contributed by atoms with Gasteiger partial charge in [-0.3, -0.25) is 9.48 Å². The maximum absolute atomic E-state index is 13.0. The molecule has 6 nitrogen and oxygen atoms in total. The van der Waals surface area contributed by atoms with E-state index >= 15 is 0 Å². The molecule has 0 aliphatic heterocycles. The number of thiophene rings is 1. The zero-order valence-electron chi connectivity index (χ0n) is 15.7. The predicted octanol–water partition coefficient (Wildman–Crippen LogP) is 3.25. The van der Waals surface area contributed by atoms with E-state index < -0.39 is 0 Å². The molecule has 1 amide bonds. The lowest BCUT2D eigenvalue weighted by Gasteiger charge is -2.26. The summed E-state index contributed by atoms with van der Waals surface area (Å²) in [5.41, 5.74) is 8.83. The molecule has 0 atom stereocenters. The van der Waals surface area contributed by atoms with Crippen molar-refractivity contribution in [2.75, 3.05) is 6.54 Å². The summed E-state index contributed by atoms with van der Waals surface area (Å²) >= 11 is 1.60. The number of amides is 1. The van der Waals surface area contributed by atoms with Gasteiger partial charge >= 0.3 is 0 Å². The summed E-state index contributed by atoms with van der Waals surface area (Å²) in [6.07, 6.45) is 1.61. The highest BCUT2D eigenvalue weighted by Gasteiger charge is 2.24. The molecule has 3 aromatic rings. The third-order valence-electron chi connectivity index (χ3n) is 5.00. The van der Waals surface area contributed by atoms with Gasteiger partial charge in [0.1, 0.15) is 0 Å². The summed E-state index contributed by atoms with van der Waals surface area (Å²) in [5.74, 6) is -0.136. The Kier molecular flexibility index (Phi) is 5.11. The Morgan fingerprint density at radius 2 is 2.12 bits per heavy atom. The Labute approximate surface area is 157 Å². The van der Waals surface area contributed by atoms with Crippen LogP contribution in [0.5, 0.6) is 0 Å². The number of nitrogens with one attached hydrogen (secondary N) is 1. The summed E-state index contributed by atoms with van der Waals surface area (Å²) in [5, 5.41) is 10.3. The number of nitrogens with two attached hydrogens (primary N) is 1. The molecule has 0 spiro atoms. The molecule has 0 fully saturated rings. The van der Waals surface area contributed by atoms with E-state index in [1.807, 2.05) is 51.4 Å². The highest BCUT2D eigenvalue weighted by molar-refractivity contribution is 7.13. The molecule has 0 aliphatic carbocycles. The van der Waals surface area contributed by atoms with Crippen molar-refractivity contribution >= 4 is 28.3 Å². The van der Waals surface area contributed by atoms with Crippen LogP contribution in [-0.4, -0.2) is 32.8 Å². The van der Waals surface area contributed by atoms with Crippen molar-refractivity contribution in [2.45, 2.75) is 39.2 Å². The molecule has 7 heteroatoms. The van der Waals surface area contributed by atoms with E-state index in [1.54, 1.807) is 16.0 Å². The number of pyridine rings is 1. The second-order valence-electron chi connectivity index (χ2n) is 6.69. The van der Waals surface area contributed by atoms with Crippen LogP contribution in [0.4, 0.5) is 0 Å². The maximum Gasteiger partial charge on any atom is 0.252 e. The van der Waals surface area contributed by atoms with Crippen molar-refractivity contribution in [3.8, 4) is 10.6 Å². The largest absolute Gasteiger partial charge is 0.350 e. The van der Waals surface area contributed by atoms with Crippen molar-refractivity contribution in [3.05, 3.63) is 34.8 Å². The molecule has 0 saturated carbocycles. The Bertz CT molecular complexity index is 925. The maximum atomic E-state index is 13.0. The first-order chi connectivity index (χ1) is 12.4. The minimum Gasteiger partial charge on any atom is -0.350 e. The fourth-order valence-electron chi connectivity index (χ4n) is 3.03. The average Bonchev–Trinajstić information content (AvgIpc) is 3.27. The molecule has 3 N–H and O–H groups in total. The summed E-state index contributed by atoms with van der Waals surface area (Å²) in [6.45, 7) is 6.42. The molecule has 3 heterocycles. The number of fused-ring (bicyclic) bond motifs is 1. The van der Waals surface area contributed by atoms with E-state index in [1.165, 1.54) is 0 Å². The zero-order valence-corrected chi connectivity index (χ0v) is 16.5. The fraction of sp³-hybridized carbons (Fsp3) is 0.421. The summed E-state index contributed by atoms with van der Waals surface area (Å²) in [4.78, 5) is 18.7. The highest BCUT2D eigenvalue weighted by Crippen LogP contribution is 2.29. The first-order valence-electron chi connectivity index (χ1n) is 8.84. The Morgan fingerprint density at radius 1 is 1.38 bits per heavy atom. The lowest BCUT2D eigenvalue weighted by molar-refractivity contribution is 0.0943. The van der Waals surface area contributed by atoms with Crippen molar-refractivity contribution in [3.63, 3.8) is 0 Å². The Balaban J connectivity index is 2.04. The first-order valence-corrected chi connectivity index (χ1v) is 9.72. The summed E-state index contributed by atoms with van der Waals surface area (Å²) in [7, 11) is 1.85. The van der Waals surface area contributed by atoms with Gasteiger partial charge in [0.15, 0.2) is 5.65 Å². The number of aromatic nitrogens is 3. The van der Waals surface area contributed by atoms with Gasteiger partial charge < -0.3 is 11.1 Å². The molecule has 0 saturated heterocycles. The average molecular weight is 372 g/mol. The number of rotatable bonds is 6. The smallest absolute Gasteiger partial charge is 0.252 e. The molecule has 138 valence electrons. The Morgan fingerprint density at radius 3 is 2.73 bits per heavy atom. The summed E-state index contributed by atoms with van der Waals surface area (Å²) < 4.78 is 1.73. The number of hydrogen-bond donors (Lipinski definition) is 2. The molecular formula is C19H25N5OS. The second kappa shape index (κ2) is 7.17. The van der Waals surface area contributed by atoms with Crippen molar-refractivity contribution in [1.82, 2.24) is 20.1 Å². The van der Waals surface area contributed by atoms with Crippen LogP contribution in [-0.2, 0) is 7.05 Å². The van der Waals surface area contributed by atoms with Gasteiger partial charge in [-0.1, -0.05) is 19.9 Å². The predicted molar refractivity (Wildman–Crippen MR) is 106 cm³/mol. The second-order valence-corrected chi connectivity index (χ2v) is 7.64. The van der Waals surface area contributed by atoms with Crippen LogP contribution in [0.15, 0.2) is 23.6 Å². The van der Waals surface area contributed by atoms with Gasteiger partial charge in [0.05, 0.1) is 27.2 Å². The van der Waals surface area contributed by atoms with Crippen LogP contribution in [0.2, 0.25) is 0 Å². The normalized spacial score (nSPS) is 11.9. The molecule has 3 rings (SSSR count). The van der Waals surface area contributed by atoms with Gasteiger partial charge in [-0.05, 0) is 37.3 Å². The van der Waals surface area contributed by atoms with E-state index in [9.17, 15) is 4.79 Å². The van der Waals surface area contributed by atoms with Crippen molar-refractivity contribution < 1.29 is 4.79 Å². The molecule has 0 radical (unpaired) electrons. The Hall–Kier alpha value is -2.25. The van der Waals surface area contributed by atoms with Crippen molar-refractivity contribution in [1.29, 1.82) is 0 Å². The molecule has 0 unspecified atom stereocenters. The minimum absolute atomic E-state index is 0.136. The molecule has 26 heavy (non-hydrogen) atoms. The highest BCUT2D eigenvalue weighted by atomic mass is 32.1. The van der Waals surface area contributed by atoms with Crippen LogP contribution in [0, 0.1) is 6.92 Å². The van der Waals surface area contributed by atoms with E-state index in [2.05, 4.69) is 10.4 Å². The number of carbonyl (C=O) groups excluding carboxylic acids is 1. The molecule has 3 aromatic heterocycles. The molecule has 0 bridgehead atoms. The standard InChI is InChI=1S/C19H25N5OS/c1-5-19(20,6-2)11-21-18(25)13-10-14(15-8-7-9-26-15)22-17-16(13)12(3)23-24(17)4/h7-10H,5-6,11,20H2,1-4H3,(H,21,25). The van der Waals surface area contributed by atoms with E-state index in [0.717, 1.165) is 34.5 Å². The fourth-order valence-corrected chi connectivity index (χ4v) is 3.71. The van der Waals surface area contributed by atoms with E-state index in [4.69, 9.17) is 10.7 Å². The third-order valence-corrected chi connectivity index (χ3v) is 5.89. The zero-order chi connectivity index (χ0) is 18.9. The topological polar surface area (TPSA) is 85.8 Å². The summed E-state index contributed by atoms with van der Waals surface area (Å²) in [6, 6.07) is 5.84. The first kappa shape index (κ1) is 18.5. The SMILES string of the molecule is CCC(N)(CC)CNC(=O)c1cc(-c2cccs2)nc2c1c(C)nn2C. The van der Waals surface area contributed by atoms with Crippen LogP contribution in [0.1, 0.15) is 42.7 Å². The van der Waals surface area contributed by atoms with Gasteiger partial charge in [-0.25, -0.2) is 4.98 Å². The van der Waals surface area contributed by atoms with E-state index in [-0.39, 0.29) is 11.4 Å². The van der Waals surface area contributed by atoms with Gasteiger partial charge in [0, 0.05) is 19.1 Å². The van der Waals surface area contributed by atoms with Crippen LogP contribution < -0.4 is 11.1 Å². The number of nitrogens with zero attached hydrogens (tertiary/aromatic N) is 3. The van der Waals surface area contributed by atoms with Crippen LogP contribution >= 0.6 is 11.3 Å². The van der Waals surface area contributed by atoms with E-state index in [0.29, 0.717) is 17.8 Å². The quantitative estimate of drug-likeness (QED) is 0.696. The number of carbonyl (C=O) groups is 1. The minimum atomic E-state index is -0.387. The van der Waals surface area contributed by atoms with Gasteiger partial charge in [0.2, 0.25) is 0 Å². The molecule has 0 aliphatic rings. The van der Waals surface area contributed by atoms with Crippen LogP contribution in [0.3, 0.4) is 0 Å². The van der Waals surface area contributed by atoms with Gasteiger partial charge in [-0.2, -0.15) is 5.10 Å². The van der Waals surface area contributed by atoms with Gasteiger partial charge in [0.25, 0.3) is 5.91 Å². The number of hydrogen-bond acceptors (Lipinski definition) is 5. The van der Waals surface area contributed by atoms with Gasteiger partial charge in [-0.15, -0.1) is 11.3 Å². The van der Waals surface area contributed by atoms with Crippen molar-refractivity contribution in [2.24, 2.45) is 12.8 Å². The lowest BCUT2D eigenvalue weighted by Crippen LogP contribution is -2.49. The lowest BCUT2D eigenvalue weighted by atomic mass is 9.94. The third kappa shape index (κ3) is 3.37. The number of aryl methyl sites for hydroxylation is 2. The molecular weight excluding hydrogens is 346 g/mol. The van der Waals surface area contributed by atoms with Crippen LogP contribution in [0.25, 0.3) is 21.6 Å². The molecule has 0 aromatic carbocycles.